The summed E-state index contributed by atoms with van der Waals surface area (Å²) in [6.07, 6.45) is -5.08. The zero-order valence-electron chi connectivity index (χ0n) is 15.9. The van der Waals surface area contributed by atoms with Gasteiger partial charge in [0.25, 0.3) is 5.56 Å². The van der Waals surface area contributed by atoms with Crippen LogP contribution in [0.2, 0.25) is 0 Å². The monoisotopic (exact) mass is 435 g/mol. The van der Waals surface area contributed by atoms with E-state index in [1.54, 1.807) is 12.1 Å². The molecule has 0 spiro atoms. The molecule has 0 aliphatic rings. The third kappa shape index (κ3) is 4.27. The number of hydrogen-bond donors (Lipinski definition) is 4. The van der Waals surface area contributed by atoms with E-state index < -0.39 is 17.8 Å². The number of halogens is 3. The van der Waals surface area contributed by atoms with Crippen molar-refractivity contribution in [3.8, 4) is 0 Å². The molecule has 9 nitrogen and oxygen atoms in total. The summed E-state index contributed by atoms with van der Waals surface area (Å²) in [5, 5.41) is 14.9. The summed E-state index contributed by atoms with van der Waals surface area (Å²) in [5.41, 5.74) is 7.02. The molecule has 0 unspecified atom stereocenters. The van der Waals surface area contributed by atoms with E-state index in [1.165, 1.54) is 4.57 Å². The Hall–Kier alpha value is -4.09. The van der Waals surface area contributed by atoms with Gasteiger partial charge in [-0.3, -0.25) is 14.5 Å². The van der Waals surface area contributed by atoms with Crippen LogP contribution in [0.25, 0.3) is 21.8 Å². The molecule has 0 fully saturated rings. The zero-order chi connectivity index (χ0) is 22.9. The molecule has 0 bridgehead atoms. The normalized spacial score (nSPS) is 12.4. The van der Waals surface area contributed by atoms with Gasteiger partial charge < -0.3 is 15.8 Å². The second kappa shape index (κ2) is 7.97. The van der Waals surface area contributed by atoms with Crippen LogP contribution in [0.3, 0.4) is 0 Å². The van der Waals surface area contributed by atoms with Crippen molar-refractivity contribution < 1.29 is 23.1 Å². The molecule has 0 saturated carbocycles. The fourth-order valence-electron chi connectivity index (χ4n) is 2.99. The van der Waals surface area contributed by atoms with Crippen LogP contribution in [0.4, 0.5) is 19.0 Å². The van der Waals surface area contributed by atoms with Gasteiger partial charge in [0.1, 0.15) is 0 Å². The van der Waals surface area contributed by atoms with Gasteiger partial charge in [0, 0.05) is 5.39 Å². The fourth-order valence-corrected chi connectivity index (χ4v) is 2.99. The minimum absolute atomic E-state index is 0.320. The van der Waals surface area contributed by atoms with Crippen LogP contribution < -0.4 is 17.0 Å². The molecule has 2 heterocycles. The smallest absolute Gasteiger partial charge is 0.475 e. The highest BCUT2D eigenvalue weighted by atomic mass is 19.4. The number of alkyl halides is 3. The highest BCUT2D eigenvalue weighted by molar-refractivity contribution is 5.99. The van der Waals surface area contributed by atoms with E-state index in [0.717, 1.165) is 5.56 Å². The number of hydrogen-bond acceptors (Lipinski definition) is 5. The Balaban J connectivity index is 0.000000339. The molecule has 2 aromatic carbocycles. The number of anilines is 1. The lowest BCUT2D eigenvalue weighted by Gasteiger charge is -2.15. The van der Waals surface area contributed by atoms with Crippen LogP contribution in [0.1, 0.15) is 18.5 Å². The number of aromatic amines is 2. The third-order valence-electron chi connectivity index (χ3n) is 4.55. The molecule has 0 aliphatic heterocycles. The Labute approximate surface area is 170 Å². The second-order valence-electron chi connectivity index (χ2n) is 6.55. The number of rotatable bonds is 2. The molecule has 2 aromatic heterocycles. The number of aromatic nitrogens is 4. The van der Waals surface area contributed by atoms with Crippen molar-refractivity contribution in [2.24, 2.45) is 0 Å². The molecule has 1 atom stereocenters. The van der Waals surface area contributed by atoms with Gasteiger partial charge in [0.2, 0.25) is 0 Å². The van der Waals surface area contributed by atoms with Crippen LogP contribution in [0.5, 0.6) is 0 Å². The number of nitrogens with one attached hydrogen (secondary N) is 2. The predicted octanol–water partition coefficient (Wildman–Crippen LogP) is 2.39. The summed E-state index contributed by atoms with van der Waals surface area (Å²) in [5.74, 6) is -2.44. The maximum Gasteiger partial charge on any atom is 0.490 e. The molecule has 5 N–H and O–H groups in total. The van der Waals surface area contributed by atoms with Crippen molar-refractivity contribution in [2.75, 3.05) is 5.73 Å². The van der Waals surface area contributed by atoms with Crippen LogP contribution in [0, 0.1) is 0 Å². The standard InChI is InChI=1S/C17H15N5O2.C2HF3O2/c1-9(10-5-3-2-4-6-10)22-16(23)12-7-11-14(20-21-15(11)18)8-13(12)19-17(22)24;3-2(4,5)1(6)7/h2-9H,1H3,(H,19,24)(H3,18,20,21);(H,6,7)/t9-;/m1./s1. The molecular weight excluding hydrogens is 419 g/mol. The second-order valence-corrected chi connectivity index (χ2v) is 6.55. The first-order valence-corrected chi connectivity index (χ1v) is 8.78. The van der Waals surface area contributed by atoms with E-state index in [4.69, 9.17) is 15.6 Å². The largest absolute Gasteiger partial charge is 0.490 e. The van der Waals surface area contributed by atoms with Crippen LogP contribution in [-0.4, -0.2) is 37.0 Å². The molecule has 31 heavy (non-hydrogen) atoms. The summed E-state index contributed by atoms with van der Waals surface area (Å²) in [4.78, 5) is 37.0. The quantitative estimate of drug-likeness (QED) is 0.380. The number of H-pyrrole nitrogens is 2. The minimum atomic E-state index is -5.08. The first-order valence-electron chi connectivity index (χ1n) is 8.78. The third-order valence-corrected chi connectivity index (χ3v) is 4.55. The van der Waals surface area contributed by atoms with E-state index in [-0.39, 0.29) is 11.6 Å². The number of aliphatic carboxylic acids is 1. The number of nitrogens with zero attached hydrogens (tertiary/aromatic N) is 2. The van der Waals surface area contributed by atoms with Crippen molar-refractivity contribution in [1.29, 1.82) is 0 Å². The van der Waals surface area contributed by atoms with Crippen LogP contribution in [-0.2, 0) is 4.79 Å². The summed E-state index contributed by atoms with van der Waals surface area (Å²) < 4.78 is 33.0. The van der Waals surface area contributed by atoms with Crippen molar-refractivity contribution in [3.63, 3.8) is 0 Å². The number of carbonyl (C=O) groups is 1. The molecular formula is C19H16F3N5O4. The van der Waals surface area contributed by atoms with E-state index in [9.17, 15) is 22.8 Å². The maximum atomic E-state index is 12.9. The predicted molar refractivity (Wildman–Crippen MR) is 107 cm³/mol. The van der Waals surface area contributed by atoms with Gasteiger partial charge in [0.15, 0.2) is 5.82 Å². The zero-order valence-corrected chi connectivity index (χ0v) is 15.9. The number of carboxylic acid groups (broad SMARTS) is 1. The number of fused-ring (bicyclic) bond motifs is 2. The lowest BCUT2D eigenvalue weighted by Crippen LogP contribution is -2.37. The Bertz CT molecular complexity index is 1370. The fraction of sp³-hybridized carbons (Fsp3) is 0.158. The first kappa shape index (κ1) is 21.6. The van der Waals surface area contributed by atoms with Gasteiger partial charge in [-0.1, -0.05) is 30.3 Å². The highest BCUT2D eigenvalue weighted by Gasteiger charge is 2.38. The summed E-state index contributed by atoms with van der Waals surface area (Å²) in [7, 11) is 0. The van der Waals surface area contributed by atoms with Gasteiger partial charge >= 0.3 is 17.8 Å². The maximum absolute atomic E-state index is 12.9. The van der Waals surface area contributed by atoms with Crippen molar-refractivity contribution >= 4 is 33.6 Å². The Morgan fingerprint density at radius 2 is 1.74 bits per heavy atom. The van der Waals surface area contributed by atoms with Crippen LogP contribution in [0.15, 0.2) is 52.1 Å². The minimum Gasteiger partial charge on any atom is -0.475 e. The molecule has 4 aromatic rings. The van der Waals surface area contributed by atoms with Gasteiger partial charge in [-0.2, -0.15) is 18.3 Å². The van der Waals surface area contributed by atoms with Crippen molar-refractivity contribution in [1.82, 2.24) is 19.7 Å². The topological polar surface area (TPSA) is 147 Å². The Morgan fingerprint density at radius 1 is 1.13 bits per heavy atom. The van der Waals surface area contributed by atoms with E-state index >= 15 is 0 Å². The lowest BCUT2D eigenvalue weighted by atomic mass is 10.1. The molecule has 4 rings (SSSR count). The van der Waals surface area contributed by atoms with Gasteiger partial charge in [0.05, 0.1) is 22.5 Å². The summed E-state index contributed by atoms with van der Waals surface area (Å²) in [6.45, 7) is 1.82. The molecule has 0 radical (unpaired) electrons. The molecule has 12 heteroatoms. The average Bonchev–Trinajstić information content (AvgIpc) is 3.07. The Morgan fingerprint density at radius 3 is 2.32 bits per heavy atom. The summed E-state index contributed by atoms with van der Waals surface area (Å²) >= 11 is 0. The Kier molecular flexibility index (Phi) is 5.56. The number of carboxylic acids is 1. The van der Waals surface area contributed by atoms with E-state index in [2.05, 4.69) is 15.2 Å². The van der Waals surface area contributed by atoms with E-state index in [1.807, 2.05) is 37.3 Å². The molecule has 0 amide bonds. The van der Waals surface area contributed by atoms with Crippen LogP contribution >= 0.6 is 0 Å². The first-order chi connectivity index (χ1) is 14.5. The number of nitrogens with two attached hydrogens (primary N) is 1. The van der Waals surface area contributed by atoms with Gasteiger partial charge in [-0.15, -0.1) is 0 Å². The molecule has 0 saturated heterocycles. The molecule has 162 valence electrons. The molecule has 0 aliphatic carbocycles. The van der Waals surface area contributed by atoms with E-state index in [0.29, 0.717) is 27.6 Å². The highest BCUT2D eigenvalue weighted by Crippen LogP contribution is 2.22. The number of benzene rings is 2. The average molecular weight is 435 g/mol. The SMILES string of the molecule is C[C@H](c1ccccc1)n1c(=O)[nH]c2cc3[nH]nc(N)c3cc2c1=O.O=C(O)C(F)(F)F. The summed E-state index contributed by atoms with van der Waals surface area (Å²) in [6, 6.07) is 12.4. The lowest BCUT2D eigenvalue weighted by molar-refractivity contribution is -0.192. The number of nitrogen functional groups attached to an aromatic ring is 1. The van der Waals surface area contributed by atoms with Gasteiger partial charge in [-0.05, 0) is 24.6 Å². The van der Waals surface area contributed by atoms with Gasteiger partial charge in [-0.25, -0.2) is 9.59 Å². The van der Waals surface area contributed by atoms with Crippen molar-refractivity contribution in [3.05, 3.63) is 68.9 Å². The van der Waals surface area contributed by atoms with Crippen molar-refractivity contribution in [2.45, 2.75) is 19.1 Å².